The smallest absolute Gasteiger partial charge is 0.330 e. The van der Waals surface area contributed by atoms with Crippen LogP contribution in [0.3, 0.4) is 0 Å². The molecule has 242 valence electrons. The molecule has 0 aliphatic rings. The van der Waals surface area contributed by atoms with Crippen LogP contribution in [0.25, 0.3) is 6.08 Å². The zero-order valence-corrected chi connectivity index (χ0v) is 24.7. The van der Waals surface area contributed by atoms with Crippen molar-refractivity contribution in [1.29, 1.82) is 0 Å². The number of benzene rings is 1. The van der Waals surface area contributed by atoms with Crippen molar-refractivity contribution < 1.29 is 62.4 Å². The van der Waals surface area contributed by atoms with E-state index in [1.165, 1.54) is 13.2 Å². The number of aliphatic hydroxyl groups excluding tert-OH is 2. The molecule has 1 aromatic rings. The summed E-state index contributed by atoms with van der Waals surface area (Å²) in [5.41, 5.74) is 1.46. The Labute approximate surface area is 248 Å². The van der Waals surface area contributed by atoms with Crippen LogP contribution in [0.15, 0.2) is 30.3 Å². The Morgan fingerprint density at radius 1 is 0.548 bits per heavy atom. The zero-order chi connectivity index (χ0) is 30.8. The Bertz CT molecular complexity index is 718. The van der Waals surface area contributed by atoms with Gasteiger partial charge in [-0.1, -0.05) is 24.3 Å². The van der Waals surface area contributed by atoms with Gasteiger partial charge < -0.3 is 52.8 Å². The summed E-state index contributed by atoms with van der Waals surface area (Å²) >= 11 is 0. The summed E-state index contributed by atoms with van der Waals surface area (Å²) in [6.07, 6.45) is 3.73. The van der Waals surface area contributed by atoms with Gasteiger partial charge in [0.1, 0.15) is 6.29 Å². The van der Waals surface area contributed by atoms with Crippen LogP contribution in [-0.4, -0.2) is 149 Å². The highest BCUT2D eigenvalue weighted by molar-refractivity contribution is 5.87. The summed E-state index contributed by atoms with van der Waals surface area (Å²) in [6, 6.07) is 6.88. The number of rotatable bonds is 28. The summed E-state index contributed by atoms with van der Waals surface area (Å²) in [7, 11) is 1.32. The van der Waals surface area contributed by atoms with Crippen molar-refractivity contribution in [2.24, 2.45) is 0 Å². The molecule has 0 amide bonds. The van der Waals surface area contributed by atoms with Crippen molar-refractivity contribution >= 4 is 18.3 Å². The first-order chi connectivity index (χ1) is 20.7. The molecule has 0 bridgehead atoms. The van der Waals surface area contributed by atoms with Gasteiger partial charge in [0.25, 0.3) is 0 Å². The van der Waals surface area contributed by atoms with Crippen LogP contribution in [-0.2, 0) is 47.4 Å². The highest BCUT2D eigenvalue weighted by Crippen LogP contribution is 2.04. The highest BCUT2D eigenvalue weighted by Gasteiger charge is 1.95. The molecule has 0 spiro atoms. The predicted octanol–water partition coefficient (Wildman–Crippen LogP) is 0.789. The molecule has 0 heterocycles. The molecule has 42 heavy (non-hydrogen) atoms. The minimum atomic E-state index is -0.399. The van der Waals surface area contributed by atoms with Crippen LogP contribution >= 0.6 is 0 Å². The van der Waals surface area contributed by atoms with Crippen LogP contribution in [0.1, 0.15) is 15.9 Å². The van der Waals surface area contributed by atoms with E-state index in [0.717, 1.165) is 11.8 Å². The molecule has 1 rings (SSSR count). The molecule has 1 aromatic carbocycles. The second kappa shape index (κ2) is 33.2. The summed E-state index contributed by atoms with van der Waals surface area (Å²) in [6.45, 7) is 7.79. The van der Waals surface area contributed by atoms with Gasteiger partial charge in [0, 0.05) is 11.6 Å². The molecule has 0 radical (unpaired) electrons. The van der Waals surface area contributed by atoms with Crippen molar-refractivity contribution in [2.45, 2.75) is 0 Å². The summed E-state index contributed by atoms with van der Waals surface area (Å²) in [5.74, 6) is -0.399. The van der Waals surface area contributed by atoms with E-state index < -0.39 is 5.97 Å². The Hall–Kier alpha value is -2.30. The van der Waals surface area contributed by atoms with Crippen LogP contribution < -0.4 is 0 Å². The molecule has 13 nitrogen and oxygen atoms in total. The van der Waals surface area contributed by atoms with Crippen LogP contribution in [0.5, 0.6) is 0 Å². The fraction of sp³-hybridized carbons (Fsp3) is 0.655. The number of carbonyl (C=O) groups is 2. The topological polar surface area (TPSA) is 158 Å². The Morgan fingerprint density at radius 3 is 1.10 bits per heavy atom. The Balaban J connectivity index is 0.000000996. The molecule has 0 atom stereocenters. The average Bonchev–Trinajstić information content (AvgIpc) is 3.02. The van der Waals surface area contributed by atoms with Gasteiger partial charge in [-0.3, -0.25) is 4.79 Å². The molecule has 0 aliphatic carbocycles. The maximum absolute atomic E-state index is 10.7. The van der Waals surface area contributed by atoms with Crippen molar-refractivity contribution in [1.82, 2.24) is 0 Å². The van der Waals surface area contributed by atoms with Gasteiger partial charge >= 0.3 is 5.97 Å². The van der Waals surface area contributed by atoms with Crippen molar-refractivity contribution in [3.8, 4) is 0 Å². The molecule has 0 aromatic heterocycles. The number of ether oxygens (including phenoxy) is 9. The third-order valence-corrected chi connectivity index (χ3v) is 4.76. The lowest BCUT2D eigenvalue weighted by Crippen LogP contribution is -2.15. The van der Waals surface area contributed by atoms with E-state index in [-0.39, 0.29) is 13.2 Å². The van der Waals surface area contributed by atoms with Crippen LogP contribution in [0.4, 0.5) is 0 Å². The molecule has 0 aliphatic heterocycles. The standard InChI is InChI=1S/C18H38O10.C11H10O3/c19-1-3-21-5-7-23-9-11-25-13-15-27-17-18-28-16-14-26-12-10-24-8-6-22-4-2-20;1-14-11(13)7-6-9-2-4-10(8-12)5-3-9/h19-20H,1-18H2;2-8H,1H3. The van der Waals surface area contributed by atoms with E-state index in [9.17, 15) is 9.59 Å². The van der Waals surface area contributed by atoms with Crippen molar-refractivity contribution in [3.05, 3.63) is 41.5 Å². The molecule has 2 N–H and O–H groups in total. The molecule has 0 fully saturated rings. The number of methoxy groups -OCH3 is 1. The normalized spacial score (nSPS) is 10.9. The Morgan fingerprint density at radius 2 is 0.833 bits per heavy atom. The number of hydrogen-bond donors (Lipinski definition) is 2. The van der Waals surface area contributed by atoms with Crippen molar-refractivity contribution in [3.63, 3.8) is 0 Å². The molecule has 13 heteroatoms. The fourth-order valence-corrected chi connectivity index (χ4v) is 2.69. The molecular weight excluding hydrogens is 556 g/mol. The maximum Gasteiger partial charge on any atom is 0.330 e. The molecule has 0 unspecified atom stereocenters. The maximum atomic E-state index is 10.7. The lowest BCUT2D eigenvalue weighted by atomic mass is 10.1. The van der Waals surface area contributed by atoms with E-state index in [2.05, 4.69) is 4.74 Å². The number of aldehydes is 1. The number of esters is 1. The quantitative estimate of drug-likeness (QED) is 0.0599. The molecule has 0 saturated carbocycles. The van der Waals surface area contributed by atoms with E-state index in [4.69, 9.17) is 48.1 Å². The molecular formula is C29H48O13. The first-order valence-electron chi connectivity index (χ1n) is 13.8. The van der Waals surface area contributed by atoms with Gasteiger partial charge in [-0.15, -0.1) is 0 Å². The first kappa shape index (κ1) is 39.7. The lowest BCUT2D eigenvalue weighted by Gasteiger charge is -2.08. The largest absolute Gasteiger partial charge is 0.466 e. The predicted molar refractivity (Wildman–Crippen MR) is 154 cm³/mol. The summed E-state index contributed by atoms with van der Waals surface area (Å²) in [5, 5.41) is 17.0. The zero-order valence-electron chi connectivity index (χ0n) is 24.7. The highest BCUT2D eigenvalue weighted by atomic mass is 16.6. The summed E-state index contributed by atoms with van der Waals surface area (Å²) in [4.78, 5) is 21.1. The Kier molecular flexibility index (Phi) is 31.4. The van der Waals surface area contributed by atoms with E-state index in [1.807, 2.05) is 0 Å². The van der Waals surface area contributed by atoms with Crippen LogP contribution in [0.2, 0.25) is 0 Å². The lowest BCUT2D eigenvalue weighted by molar-refractivity contribution is -0.134. The van der Waals surface area contributed by atoms with Gasteiger partial charge in [0.05, 0.1) is 126 Å². The van der Waals surface area contributed by atoms with Gasteiger partial charge in [-0.25, -0.2) is 4.79 Å². The first-order valence-corrected chi connectivity index (χ1v) is 13.8. The van der Waals surface area contributed by atoms with Crippen molar-refractivity contribution in [2.75, 3.05) is 126 Å². The third-order valence-electron chi connectivity index (χ3n) is 4.76. The van der Waals surface area contributed by atoms with E-state index >= 15 is 0 Å². The minimum absolute atomic E-state index is 0.0294. The second-order valence-corrected chi connectivity index (χ2v) is 7.99. The summed E-state index contributed by atoms with van der Waals surface area (Å²) < 4.78 is 46.6. The number of aliphatic hydroxyl groups is 2. The van der Waals surface area contributed by atoms with Gasteiger partial charge in [-0.2, -0.15) is 0 Å². The second-order valence-electron chi connectivity index (χ2n) is 7.99. The van der Waals surface area contributed by atoms with E-state index in [0.29, 0.717) is 111 Å². The molecule has 0 saturated heterocycles. The van der Waals surface area contributed by atoms with Gasteiger partial charge in [0.15, 0.2) is 0 Å². The van der Waals surface area contributed by atoms with Crippen LogP contribution in [0, 0.1) is 0 Å². The third kappa shape index (κ3) is 29.2. The van der Waals surface area contributed by atoms with Gasteiger partial charge in [0.2, 0.25) is 0 Å². The van der Waals surface area contributed by atoms with E-state index in [1.54, 1.807) is 30.3 Å². The monoisotopic (exact) mass is 604 g/mol. The average molecular weight is 605 g/mol. The fourth-order valence-electron chi connectivity index (χ4n) is 2.69. The number of hydrogen-bond acceptors (Lipinski definition) is 13. The number of carbonyl (C=O) groups excluding carboxylic acids is 2. The van der Waals surface area contributed by atoms with Gasteiger partial charge in [-0.05, 0) is 11.6 Å². The SMILES string of the molecule is COC(=O)C=Cc1ccc(C=O)cc1.OCCOCCOCCOCCOCCOCCOCCOCCOCCO. The minimum Gasteiger partial charge on any atom is -0.466 e.